The van der Waals surface area contributed by atoms with Crippen LogP contribution in [0.15, 0.2) is 29.3 Å². The van der Waals surface area contributed by atoms with Gasteiger partial charge in [-0.15, -0.1) is 0 Å². The van der Waals surface area contributed by atoms with Gasteiger partial charge >= 0.3 is 5.97 Å². The van der Waals surface area contributed by atoms with Crippen molar-refractivity contribution in [3.8, 4) is 0 Å². The van der Waals surface area contributed by atoms with Crippen LogP contribution in [0.25, 0.3) is 10.9 Å². The highest BCUT2D eigenvalue weighted by Crippen LogP contribution is 2.59. The Bertz CT molecular complexity index is 1330. The molecule has 6 rings (SSSR count). The summed E-state index contributed by atoms with van der Waals surface area (Å²) in [5.74, 6) is 1.06. The monoisotopic (exact) mass is 490 g/mol. The first-order valence-electron chi connectivity index (χ1n) is 12.7. The number of aromatic amines is 1. The topological polar surface area (TPSA) is 140 Å². The molecule has 2 aliphatic heterocycles. The molecule has 0 bridgehead atoms. The second kappa shape index (κ2) is 9.03. The number of fused-ring (bicyclic) bond motifs is 1. The second-order valence-corrected chi connectivity index (χ2v) is 10.2. The summed E-state index contributed by atoms with van der Waals surface area (Å²) >= 11 is 0. The van der Waals surface area contributed by atoms with E-state index in [1.54, 1.807) is 12.4 Å². The van der Waals surface area contributed by atoms with Crippen LogP contribution in [-0.4, -0.2) is 62.4 Å². The lowest BCUT2D eigenvalue weighted by Crippen LogP contribution is -2.36. The van der Waals surface area contributed by atoms with Crippen LogP contribution in [0.3, 0.4) is 0 Å². The fourth-order valence-electron chi connectivity index (χ4n) is 5.71. The molecule has 188 valence electrons. The quantitative estimate of drug-likeness (QED) is 0.489. The van der Waals surface area contributed by atoms with Crippen molar-refractivity contribution in [2.45, 2.75) is 44.9 Å². The molecule has 0 radical (unpaired) electrons. The Morgan fingerprint density at radius 3 is 2.47 bits per heavy atom. The van der Waals surface area contributed by atoms with Crippen LogP contribution in [0.4, 0.5) is 23.3 Å². The van der Waals surface area contributed by atoms with Gasteiger partial charge in [0.05, 0.1) is 24.0 Å². The Morgan fingerprint density at radius 2 is 1.81 bits per heavy atom. The van der Waals surface area contributed by atoms with E-state index in [1.807, 2.05) is 12.1 Å². The van der Waals surface area contributed by atoms with Crippen LogP contribution in [0.1, 0.15) is 44.9 Å². The van der Waals surface area contributed by atoms with E-state index in [1.165, 1.54) is 12.8 Å². The molecule has 1 spiro atoms. The van der Waals surface area contributed by atoms with Gasteiger partial charge in [-0.3, -0.25) is 9.59 Å². The summed E-state index contributed by atoms with van der Waals surface area (Å²) in [6, 6.07) is 3.88. The normalized spacial score (nSPS) is 21.4. The predicted molar refractivity (Wildman–Crippen MR) is 136 cm³/mol. The first-order valence-corrected chi connectivity index (χ1v) is 12.7. The zero-order valence-electron chi connectivity index (χ0n) is 20.1. The van der Waals surface area contributed by atoms with Crippen molar-refractivity contribution >= 4 is 40.1 Å². The number of pyridine rings is 1. The van der Waals surface area contributed by atoms with E-state index in [-0.39, 0.29) is 16.9 Å². The summed E-state index contributed by atoms with van der Waals surface area (Å²) in [6.07, 6.45) is 10.5. The number of piperidine rings is 1. The third-order valence-electron chi connectivity index (χ3n) is 7.98. The van der Waals surface area contributed by atoms with E-state index in [2.05, 4.69) is 35.3 Å². The molecule has 36 heavy (non-hydrogen) atoms. The van der Waals surface area contributed by atoms with Crippen molar-refractivity contribution in [2.24, 2.45) is 11.3 Å². The highest BCUT2D eigenvalue weighted by Gasteiger charge is 2.58. The van der Waals surface area contributed by atoms with Gasteiger partial charge in [-0.1, -0.05) is 12.8 Å². The highest BCUT2D eigenvalue weighted by molar-refractivity contribution is 5.90. The van der Waals surface area contributed by atoms with Gasteiger partial charge in [0.25, 0.3) is 5.56 Å². The van der Waals surface area contributed by atoms with Gasteiger partial charge in [-0.25, -0.2) is 15.1 Å². The molecule has 0 amide bonds. The van der Waals surface area contributed by atoms with E-state index in [9.17, 15) is 14.7 Å². The minimum atomic E-state index is -0.664. The van der Waals surface area contributed by atoms with Crippen molar-refractivity contribution < 1.29 is 9.90 Å². The summed E-state index contributed by atoms with van der Waals surface area (Å²) in [7, 11) is 0. The zero-order chi connectivity index (χ0) is 24.7. The predicted octanol–water partition coefficient (Wildman–Crippen LogP) is 2.92. The van der Waals surface area contributed by atoms with Gasteiger partial charge in [0.2, 0.25) is 5.95 Å². The van der Waals surface area contributed by atoms with Crippen molar-refractivity contribution in [3.63, 3.8) is 0 Å². The number of carboxylic acids is 1. The summed E-state index contributed by atoms with van der Waals surface area (Å²) in [5.41, 5.74) is 0.870. The zero-order valence-corrected chi connectivity index (χ0v) is 20.1. The molecule has 0 unspecified atom stereocenters. The molecule has 3 fully saturated rings. The lowest BCUT2D eigenvalue weighted by Gasteiger charge is -2.33. The number of carbonyl (C=O) groups is 1. The van der Waals surface area contributed by atoms with E-state index in [0.717, 1.165) is 69.8 Å². The van der Waals surface area contributed by atoms with E-state index >= 15 is 0 Å². The number of nitrogens with one attached hydrogen (secondary N) is 2. The molecule has 1 atom stereocenters. The molecule has 1 aliphatic carbocycles. The maximum Gasteiger partial charge on any atom is 0.307 e. The smallest absolute Gasteiger partial charge is 0.307 e. The van der Waals surface area contributed by atoms with Crippen molar-refractivity contribution in [1.29, 1.82) is 0 Å². The van der Waals surface area contributed by atoms with E-state index < -0.39 is 5.97 Å². The highest BCUT2D eigenvalue weighted by atomic mass is 16.4. The van der Waals surface area contributed by atoms with Crippen molar-refractivity contribution in [2.75, 3.05) is 41.3 Å². The van der Waals surface area contributed by atoms with Crippen LogP contribution < -0.4 is 20.7 Å². The fraction of sp³-hybridized carbons (Fsp3) is 0.520. The molecular weight excluding hydrogens is 460 g/mol. The molecule has 3 N–H and O–H groups in total. The van der Waals surface area contributed by atoms with Crippen molar-refractivity contribution in [3.05, 3.63) is 34.9 Å². The van der Waals surface area contributed by atoms with Gasteiger partial charge < -0.3 is 20.2 Å². The number of anilines is 4. The average molecular weight is 491 g/mol. The van der Waals surface area contributed by atoms with Gasteiger partial charge in [-0.2, -0.15) is 10.1 Å². The number of aliphatic carboxylic acids is 1. The standard InChI is InChI=1S/C25H30N8O3/c34-22-20-18(15-27-31-22)29-24(33-9-3-1-2-4-10-33)30-21(20)28-16-5-6-19(26-14-16)32-11-7-25(8-12-32)13-17(25)23(35)36/h5-6,14-15,17H,1-4,7-13H2,(H,31,34)(H,35,36)(H,28,29,30)/t17-/m0/s1. The number of rotatable bonds is 5. The van der Waals surface area contributed by atoms with E-state index in [4.69, 9.17) is 4.98 Å². The molecule has 3 aromatic rings. The second-order valence-electron chi connectivity index (χ2n) is 10.2. The SMILES string of the molecule is O=C(O)[C@@H]1CC12CCN(c1ccc(Nc3nc(N4CCCCCC4)nc4cn[nH]c(=O)c34)cn1)CC2. The lowest BCUT2D eigenvalue weighted by atomic mass is 9.91. The molecule has 11 heteroatoms. The molecule has 0 aromatic carbocycles. The number of aromatic nitrogens is 5. The van der Waals surface area contributed by atoms with Crippen LogP contribution in [0, 0.1) is 11.3 Å². The molecule has 5 heterocycles. The number of H-pyrrole nitrogens is 1. The first-order chi connectivity index (χ1) is 17.5. The minimum absolute atomic E-state index is 0.00904. The Kier molecular flexibility index (Phi) is 5.69. The van der Waals surface area contributed by atoms with Crippen LogP contribution in [-0.2, 0) is 4.79 Å². The maximum absolute atomic E-state index is 12.6. The van der Waals surface area contributed by atoms with Gasteiger partial charge in [0.1, 0.15) is 22.5 Å². The lowest BCUT2D eigenvalue weighted by molar-refractivity contribution is -0.139. The summed E-state index contributed by atoms with van der Waals surface area (Å²) in [5, 5.41) is 19.4. The summed E-state index contributed by atoms with van der Waals surface area (Å²) < 4.78 is 0. The summed E-state index contributed by atoms with van der Waals surface area (Å²) in [4.78, 5) is 42.4. The van der Waals surface area contributed by atoms with E-state index in [0.29, 0.717) is 22.7 Å². The molecule has 3 aliphatic rings. The number of nitrogens with zero attached hydrogens (tertiary/aromatic N) is 6. The Balaban J connectivity index is 1.22. The van der Waals surface area contributed by atoms with Gasteiger partial charge in [0, 0.05) is 26.2 Å². The Labute approximate surface area is 208 Å². The fourth-order valence-corrected chi connectivity index (χ4v) is 5.71. The number of hydrogen-bond acceptors (Lipinski definition) is 9. The first kappa shape index (κ1) is 22.7. The third kappa shape index (κ3) is 4.22. The molecule has 11 nitrogen and oxygen atoms in total. The number of carboxylic acid groups (broad SMARTS) is 1. The van der Waals surface area contributed by atoms with Crippen molar-refractivity contribution in [1.82, 2.24) is 25.1 Å². The molecule has 1 saturated carbocycles. The molecule has 3 aromatic heterocycles. The Hall–Kier alpha value is -3.76. The molecule has 2 saturated heterocycles. The van der Waals surface area contributed by atoms with Crippen LogP contribution >= 0.6 is 0 Å². The minimum Gasteiger partial charge on any atom is -0.481 e. The summed E-state index contributed by atoms with van der Waals surface area (Å²) in [6.45, 7) is 3.40. The largest absolute Gasteiger partial charge is 0.481 e. The average Bonchev–Trinajstić information content (AvgIpc) is 3.65. The Morgan fingerprint density at radius 1 is 1.03 bits per heavy atom. The van der Waals surface area contributed by atoms with Crippen LogP contribution in [0.2, 0.25) is 0 Å². The molecular formula is C25H30N8O3. The van der Waals surface area contributed by atoms with Crippen LogP contribution in [0.5, 0.6) is 0 Å². The number of hydrogen-bond donors (Lipinski definition) is 3. The van der Waals surface area contributed by atoms with Gasteiger partial charge in [-0.05, 0) is 49.7 Å². The maximum atomic E-state index is 12.6. The van der Waals surface area contributed by atoms with Gasteiger partial charge in [0.15, 0.2) is 0 Å². The third-order valence-corrected chi connectivity index (χ3v) is 7.98.